The standard InChI is InChI=1S/C62H84Br2N2S7/c1-7-13-19-25-31-43-39-52(60-48(36-30-24-18-12-6)66-62(73-60)58-46(42-54(64)71-58)34-28-22-16-10-4)68-55(43)49-37-38-50(67-49)59-47(35-29-23-17-11-5)65-61(72-59)57-44(32-26-20-14-8-2)40-51(69-57)56-45(41-53(63)70-56)33-27-21-15-9-3/h37-42H,7-36H2,1-6H3. The summed E-state index contributed by atoms with van der Waals surface area (Å²) >= 11 is 21.7. The molecule has 0 bridgehead atoms. The maximum Gasteiger partial charge on any atom is 0.134 e. The van der Waals surface area contributed by atoms with Crippen molar-refractivity contribution in [2.45, 2.75) is 234 Å². The highest BCUT2D eigenvalue weighted by molar-refractivity contribution is 9.11. The van der Waals surface area contributed by atoms with E-state index in [-0.39, 0.29) is 0 Å². The van der Waals surface area contributed by atoms with E-state index in [1.807, 2.05) is 79.4 Å². The molecule has 0 aliphatic carbocycles. The Labute approximate surface area is 487 Å². The van der Waals surface area contributed by atoms with Crippen LogP contribution in [-0.2, 0) is 38.5 Å². The molecular weight excluding hydrogens is 1160 g/mol. The summed E-state index contributed by atoms with van der Waals surface area (Å²) in [5.41, 5.74) is 8.65. The van der Waals surface area contributed by atoms with Gasteiger partial charge in [-0.2, -0.15) is 0 Å². The quantitative estimate of drug-likeness (QED) is 0.0366. The van der Waals surface area contributed by atoms with Crippen molar-refractivity contribution in [2.24, 2.45) is 0 Å². The Morgan fingerprint density at radius 1 is 0.301 bits per heavy atom. The normalized spacial score (nSPS) is 11.8. The molecule has 0 aromatic carbocycles. The van der Waals surface area contributed by atoms with Crippen molar-refractivity contribution in [1.82, 2.24) is 9.97 Å². The Balaban J connectivity index is 1.27. The first-order valence-corrected chi connectivity index (χ1v) is 36.0. The van der Waals surface area contributed by atoms with E-state index in [0.29, 0.717) is 0 Å². The van der Waals surface area contributed by atoms with E-state index < -0.39 is 0 Å². The van der Waals surface area contributed by atoms with Gasteiger partial charge in [0.15, 0.2) is 0 Å². The van der Waals surface area contributed by atoms with Crippen LogP contribution in [0.2, 0.25) is 0 Å². The zero-order valence-corrected chi connectivity index (χ0v) is 54.1. The number of thiazole rings is 2. The van der Waals surface area contributed by atoms with Gasteiger partial charge in [-0.25, -0.2) is 9.97 Å². The van der Waals surface area contributed by atoms with Crippen LogP contribution in [-0.4, -0.2) is 9.97 Å². The highest BCUT2D eigenvalue weighted by Gasteiger charge is 2.25. The molecule has 0 N–H and O–H groups in total. The number of halogens is 2. The summed E-state index contributed by atoms with van der Waals surface area (Å²) in [6, 6.07) is 14.9. The topological polar surface area (TPSA) is 25.8 Å². The molecule has 7 heterocycles. The molecule has 398 valence electrons. The van der Waals surface area contributed by atoms with E-state index in [2.05, 4.69) is 110 Å². The molecule has 0 amide bonds. The molecule has 0 aliphatic rings. The van der Waals surface area contributed by atoms with Gasteiger partial charge < -0.3 is 0 Å². The van der Waals surface area contributed by atoms with E-state index in [1.54, 1.807) is 0 Å². The number of unbranched alkanes of at least 4 members (excludes halogenated alkanes) is 18. The highest BCUT2D eigenvalue weighted by Crippen LogP contribution is 2.51. The first kappa shape index (κ1) is 59.4. The van der Waals surface area contributed by atoms with Gasteiger partial charge in [0.2, 0.25) is 0 Å². The highest BCUT2D eigenvalue weighted by atomic mass is 79.9. The van der Waals surface area contributed by atoms with Gasteiger partial charge in [0.25, 0.3) is 0 Å². The average Bonchev–Trinajstić information content (AvgIpc) is 4.27. The van der Waals surface area contributed by atoms with Gasteiger partial charge >= 0.3 is 0 Å². The fraction of sp³-hybridized carbons (Fsp3) is 0.581. The van der Waals surface area contributed by atoms with E-state index in [4.69, 9.17) is 9.97 Å². The molecule has 0 aliphatic heterocycles. The number of thiophene rings is 5. The first-order chi connectivity index (χ1) is 35.8. The summed E-state index contributed by atoms with van der Waals surface area (Å²) < 4.78 is 2.48. The monoisotopic (exact) mass is 1240 g/mol. The Kier molecular flexibility index (Phi) is 26.0. The van der Waals surface area contributed by atoms with E-state index in [1.165, 1.54) is 254 Å². The average molecular weight is 1240 g/mol. The lowest BCUT2D eigenvalue weighted by atomic mass is 10.0. The third kappa shape index (κ3) is 17.1. The van der Waals surface area contributed by atoms with Gasteiger partial charge in [-0.05, 0) is 168 Å². The summed E-state index contributed by atoms with van der Waals surface area (Å²) in [5.74, 6) is 0. The van der Waals surface area contributed by atoms with Gasteiger partial charge in [0.05, 0.1) is 38.5 Å². The van der Waals surface area contributed by atoms with Crippen molar-refractivity contribution in [3.05, 3.63) is 77.6 Å². The molecule has 7 aromatic heterocycles. The van der Waals surface area contributed by atoms with Gasteiger partial charge in [0, 0.05) is 29.3 Å². The number of rotatable bonds is 36. The van der Waals surface area contributed by atoms with Crippen LogP contribution in [0.4, 0.5) is 0 Å². The maximum atomic E-state index is 5.70. The largest absolute Gasteiger partial charge is 0.240 e. The Bertz CT molecular complexity index is 2500. The Morgan fingerprint density at radius 2 is 0.616 bits per heavy atom. The lowest BCUT2D eigenvalue weighted by Crippen LogP contribution is -1.90. The molecule has 0 atom stereocenters. The number of hydrogen-bond donors (Lipinski definition) is 0. The molecule has 0 fully saturated rings. The maximum absolute atomic E-state index is 5.70. The van der Waals surface area contributed by atoms with Crippen LogP contribution in [0.1, 0.15) is 229 Å². The Hall–Kier alpha value is -1.28. The molecule has 11 heteroatoms. The molecule has 0 saturated carbocycles. The first-order valence-electron chi connectivity index (χ1n) is 28.7. The molecule has 7 rings (SSSR count). The minimum Gasteiger partial charge on any atom is -0.240 e. The second-order valence-corrected chi connectivity index (χ2v) is 30.4. The van der Waals surface area contributed by atoms with Crippen molar-refractivity contribution < 1.29 is 0 Å². The van der Waals surface area contributed by atoms with Crippen molar-refractivity contribution in [3.8, 4) is 58.8 Å². The zero-order valence-electron chi connectivity index (χ0n) is 45.2. The van der Waals surface area contributed by atoms with Crippen LogP contribution in [0.15, 0.2) is 44.0 Å². The SMILES string of the molecule is CCCCCCc1cc(Br)sc1-c1cc(CCCCCC)c(-c2nc(CCCCCC)c(-c3ccc(-c4sc(-c5sc(-c6sc(Br)cc6CCCCCC)nc5CCCCCC)cc4CCCCCC)s3)s2)s1. The fourth-order valence-electron chi connectivity index (χ4n) is 10.0. The number of nitrogens with zero attached hydrogens (tertiary/aromatic N) is 2. The summed E-state index contributed by atoms with van der Waals surface area (Å²) in [5, 5.41) is 2.46. The summed E-state index contributed by atoms with van der Waals surface area (Å²) in [7, 11) is 0. The molecule has 0 radical (unpaired) electrons. The molecule has 2 nitrogen and oxygen atoms in total. The lowest BCUT2D eigenvalue weighted by Gasteiger charge is -2.02. The van der Waals surface area contributed by atoms with Gasteiger partial charge in [-0.15, -0.1) is 79.4 Å². The minimum atomic E-state index is 1.05. The summed E-state index contributed by atoms with van der Waals surface area (Å²) in [4.78, 5) is 25.5. The van der Waals surface area contributed by atoms with E-state index in [9.17, 15) is 0 Å². The molecule has 0 unspecified atom stereocenters. The van der Waals surface area contributed by atoms with Crippen LogP contribution in [0, 0.1) is 0 Å². The molecule has 7 aromatic rings. The minimum absolute atomic E-state index is 1.05. The summed E-state index contributed by atoms with van der Waals surface area (Å²) in [6.07, 6.45) is 37.2. The number of hydrogen-bond acceptors (Lipinski definition) is 9. The van der Waals surface area contributed by atoms with Crippen molar-refractivity contribution in [2.75, 3.05) is 0 Å². The fourth-order valence-corrected chi connectivity index (χ4v) is 19.8. The molecule has 0 spiro atoms. The predicted octanol–water partition coefficient (Wildman–Crippen LogP) is 25.2. The molecule has 0 saturated heterocycles. The summed E-state index contributed by atoms with van der Waals surface area (Å²) in [6.45, 7) is 13.9. The van der Waals surface area contributed by atoms with Crippen molar-refractivity contribution in [3.63, 3.8) is 0 Å². The van der Waals surface area contributed by atoms with E-state index in [0.717, 1.165) is 38.5 Å². The van der Waals surface area contributed by atoms with Crippen molar-refractivity contribution in [1.29, 1.82) is 0 Å². The molecule has 73 heavy (non-hydrogen) atoms. The van der Waals surface area contributed by atoms with Crippen LogP contribution in [0.5, 0.6) is 0 Å². The lowest BCUT2D eigenvalue weighted by molar-refractivity contribution is 0.662. The van der Waals surface area contributed by atoms with Crippen LogP contribution in [0.3, 0.4) is 0 Å². The Morgan fingerprint density at radius 3 is 1.07 bits per heavy atom. The second-order valence-electron chi connectivity index (χ2n) is 20.4. The van der Waals surface area contributed by atoms with Crippen molar-refractivity contribution >= 4 is 111 Å². The third-order valence-electron chi connectivity index (χ3n) is 14.2. The van der Waals surface area contributed by atoms with Crippen LogP contribution >= 0.6 is 111 Å². The van der Waals surface area contributed by atoms with Gasteiger partial charge in [0.1, 0.15) is 10.0 Å². The van der Waals surface area contributed by atoms with Crippen LogP contribution < -0.4 is 0 Å². The van der Waals surface area contributed by atoms with Gasteiger partial charge in [-0.3, -0.25) is 0 Å². The van der Waals surface area contributed by atoms with Crippen LogP contribution in [0.25, 0.3) is 58.8 Å². The smallest absolute Gasteiger partial charge is 0.134 e. The zero-order chi connectivity index (χ0) is 51.4. The number of aryl methyl sites for hydroxylation is 6. The van der Waals surface area contributed by atoms with Gasteiger partial charge in [-0.1, -0.05) is 157 Å². The molecular formula is C62H84Br2N2S7. The van der Waals surface area contributed by atoms with E-state index >= 15 is 0 Å². The third-order valence-corrected chi connectivity index (χ3v) is 24.2. The predicted molar refractivity (Wildman–Crippen MR) is 342 cm³/mol. The second kappa shape index (κ2) is 32.0. The number of aromatic nitrogens is 2.